The molecule has 0 saturated carbocycles. The second-order valence-electron chi connectivity index (χ2n) is 6.68. The lowest BCUT2D eigenvalue weighted by Crippen LogP contribution is -2.50. The summed E-state index contributed by atoms with van der Waals surface area (Å²) in [7, 11) is 0. The molecule has 0 N–H and O–H groups in total. The maximum atomic E-state index is 13.0. The fourth-order valence-electron chi connectivity index (χ4n) is 3.13. The number of carbonyl (C=O) groups excluding carboxylic acids is 2. The van der Waals surface area contributed by atoms with E-state index in [9.17, 15) is 9.59 Å². The maximum absolute atomic E-state index is 13.0. The molecule has 1 aliphatic rings. The number of nitrogens with zero attached hydrogens (tertiary/aromatic N) is 4. The number of aromatic nitrogens is 2. The molecule has 2 aromatic heterocycles. The van der Waals surface area contributed by atoms with E-state index >= 15 is 0 Å². The molecule has 1 fully saturated rings. The first kappa shape index (κ1) is 19.1. The number of hydrogen-bond acceptors (Lipinski definition) is 7. The van der Waals surface area contributed by atoms with E-state index in [1.54, 1.807) is 40.4 Å². The van der Waals surface area contributed by atoms with Crippen LogP contribution >= 0.6 is 11.3 Å². The highest BCUT2D eigenvalue weighted by atomic mass is 32.1. The van der Waals surface area contributed by atoms with Gasteiger partial charge in [-0.1, -0.05) is 17.3 Å². The summed E-state index contributed by atoms with van der Waals surface area (Å²) in [6.45, 7) is 3.84. The molecule has 3 aromatic rings. The van der Waals surface area contributed by atoms with Crippen LogP contribution in [0.4, 0.5) is 0 Å². The molecule has 29 heavy (non-hydrogen) atoms. The first-order valence-electron chi connectivity index (χ1n) is 9.22. The smallest absolute Gasteiger partial charge is 0.292 e. The van der Waals surface area contributed by atoms with Crippen molar-refractivity contribution in [2.24, 2.45) is 0 Å². The van der Waals surface area contributed by atoms with Crippen LogP contribution in [0.3, 0.4) is 0 Å². The number of aryl methyl sites for hydroxylation is 1. The predicted molar refractivity (Wildman–Crippen MR) is 106 cm³/mol. The Morgan fingerprint density at radius 1 is 1.14 bits per heavy atom. The molecule has 8 nitrogen and oxygen atoms in total. The van der Waals surface area contributed by atoms with Crippen LogP contribution in [0, 0.1) is 6.92 Å². The van der Waals surface area contributed by atoms with Gasteiger partial charge in [0.2, 0.25) is 5.76 Å². The molecule has 1 saturated heterocycles. The number of carbonyl (C=O) groups is 2. The van der Waals surface area contributed by atoms with Crippen molar-refractivity contribution in [1.29, 1.82) is 0 Å². The van der Waals surface area contributed by atoms with Crippen molar-refractivity contribution < 1.29 is 18.8 Å². The van der Waals surface area contributed by atoms with Crippen molar-refractivity contribution in [3.05, 3.63) is 63.9 Å². The average molecular weight is 412 g/mol. The molecule has 0 aliphatic carbocycles. The van der Waals surface area contributed by atoms with E-state index in [1.165, 1.54) is 11.3 Å². The van der Waals surface area contributed by atoms with E-state index in [1.807, 2.05) is 17.5 Å². The Morgan fingerprint density at radius 2 is 1.86 bits per heavy atom. The van der Waals surface area contributed by atoms with Crippen molar-refractivity contribution in [2.45, 2.75) is 13.5 Å². The van der Waals surface area contributed by atoms with Gasteiger partial charge in [-0.25, -0.2) is 4.98 Å². The van der Waals surface area contributed by atoms with Gasteiger partial charge in [0.1, 0.15) is 12.4 Å². The van der Waals surface area contributed by atoms with Gasteiger partial charge in [0.05, 0.1) is 22.5 Å². The first-order valence-corrected chi connectivity index (χ1v) is 10.2. The Labute approximate surface area is 171 Å². The summed E-state index contributed by atoms with van der Waals surface area (Å²) in [6, 6.07) is 8.81. The Balaban J connectivity index is 1.39. The van der Waals surface area contributed by atoms with Crippen LogP contribution in [-0.4, -0.2) is 57.9 Å². The Morgan fingerprint density at radius 3 is 2.52 bits per heavy atom. The third kappa shape index (κ3) is 4.29. The monoisotopic (exact) mass is 412 g/mol. The van der Waals surface area contributed by atoms with E-state index in [-0.39, 0.29) is 17.6 Å². The second kappa shape index (κ2) is 8.44. The van der Waals surface area contributed by atoms with Crippen LogP contribution in [0.15, 0.2) is 45.7 Å². The lowest BCUT2D eigenvalue weighted by Gasteiger charge is -2.34. The highest BCUT2D eigenvalue weighted by Crippen LogP contribution is 2.22. The van der Waals surface area contributed by atoms with Crippen LogP contribution in [0.25, 0.3) is 0 Å². The largest absolute Gasteiger partial charge is 0.486 e. The van der Waals surface area contributed by atoms with Crippen molar-refractivity contribution in [3.63, 3.8) is 0 Å². The third-order valence-electron chi connectivity index (χ3n) is 4.67. The zero-order chi connectivity index (χ0) is 20.2. The molecule has 9 heteroatoms. The summed E-state index contributed by atoms with van der Waals surface area (Å²) < 4.78 is 10.9. The molecule has 150 valence electrons. The summed E-state index contributed by atoms with van der Waals surface area (Å²) in [5.41, 5.74) is 3.74. The molecule has 0 spiro atoms. The zero-order valence-electron chi connectivity index (χ0n) is 15.9. The number of benzene rings is 1. The summed E-state index contributed by atoms with van der Waals surface area (Å²) in [4.78, 5) is 33.1. The van der Waals surface area contributed by atoms with E-state index in [0.29, 0.717) is 49.8 Å². The van der Waals surface area contributed by atoms with Gasteiger partial charge in [-0.15, -0.1) is 11.3 Å². The minimum atomic E-state index is -0.204. The molecule has 4 rings (SSSR count). The normalized spacial score (nSPS) is 14.1. The van der Waals surface area contributed by atoms with Gasteiger partial charge in [-0.05, 0) is 19.1 Å². The highest BCUT2D eigenvalue weighted by Gasteiger charge is 2.28. The molecule has 2 amide bonds. The van der Waals surface area contributed by atoms with Crippen LogP contribution in [0.2, 0.25) is 0 Å². The second-order valence-corrected chi connectivity index (χ2v) is 7.40. The van der Waals surface area contributed by atoms with Gasteiger partial charge in [-0.2, -0.15) is 0 Å². The van der Waals surface area contributed by atoms with Crippen molar-refractivity contribution in [2.75, 3.05) is 26.2 Å². The summed E-state index contributed by atoms with van der Waals surface area (Å²) in [6.07, 6.45) is 0. The molecular weight excluding hydrogens is 392 g/mol. The number of thiazole rings is 1. The van der Waals surface area contributed by atoms with Crippen LogP contribution in [0.1, 0.15) is 32.3 Å². The highest BCUT2D eigenvalue weighted by molar-refractivity contribution is 7.07. The minimum Gasteiger partial charge on any atom is -0.486 e. The van der Waals surface area contributed by atoms with E-state index in [2.05, 4.69) is 10.1 Å². The lowest BCUT2D eigenvalue weighted by atomic mass is 10.1. The van der Waals surface area contributed by atoms with Gasteiger partial charge in [-0.3, -0.25) is 9.59 Å². The number of para-hydroxylation sites is 1. The third-order valence-corrected chi connectivity index (χ3v) is 5.30. The van der Waals surface area contributed by atoms with E-state index < -0.39 is 0 Å². The number of piperazine rings is 1. The van der Waals surface area contributed by atoms with Crippen molar-refractivity contribution >= 4 is 23.2 Å². The van der Waals surface area contributed by atoms with E-state index in [4.69, 9.17) is 9.26 Å². The molecule has 1 aliphatic heterocycles. The SMILES string of the molecule is Cc1cc(C(=O)N2CCN(C(=O)c3ccccc3OCc3cscn3)CC2)on1. The van der Waals surface area contributed by atoms with Gasteiger partial charge in [0.25, 0.3) is 11.8 Å². The molecular formula is C20H20N4O4S. The fourth-order valence-corrected chi connectivity index (χ4v) is 3.68. The van der Waals surface area contributed by atoms with Gasteiger partial charge < -0.3 is 19.1 Å². The van der Waals surface area contributed by atoms with Crippen LogP contribution in [-0.2, 0) is 6.61 Å². The average Bonchev–Trinajstić information content (AvgIpc) is 3.43. The maximum Gasteiger partial charge on any atom is 0.292 e. The number of rotatable bonds is 5. The Hall–Kier alpha value is -3.20. The van der Waals surface area contributed by atoms with Gasteiger partial charge in [0.15, 0.2) is 0 Å². The van der Waals surface area contributed by atoms with Gasteiger partial charge in [0, 0.05) is 37.6 Å². The molecule has 0 atom stereocenters. The van der Waals surface area contributed by atoms with Gasteiger partial charge >= 0.3 is 0 Å². The van der Waals surface area contributed by atoms with E-state index in [0.717, 1.165) is 5.69 Å². The first-order chi connectivity index (χ1) is 14.1. The van der Waals surface area contributed by atoms with Crippen molar-refractivity contribution in [1.82, 2.24) is 19.9 Å². The molecule has 0 radical (unpaired) electrons. The lowest BCUT2D eigenvalue weighted by molar-refractivity contribution is 0.0510. The zero-order valence-corrected chi connectivity index (χ0v) is 16.7. The number of hydrogen-bond donors (Lipinski definition) is 0. The molecule has 0 bridgehead atoms. The summed E-state index contributed by atoms with van der Waals surface area (Å²) in [5, 5.41) is 5.67. The predicted octanol–water partition coefficient (Wildman–Crippen LogP) is 2.62. The molecule has 3 heterocycles. The standard InChI is InChI=1S/C20H20N4O4S/c1-14-10-18(28-22-14)20(26)24-8-6-23(7-9-24)19(25)16-4-2-3-5-17(16)27-11-15-12-29-13-21-15/h2-5,10,12-13H,6-9,11H2,1H3. The molecule has 1 aromatic carbocycles. The quantitative estimate of drug-likeness (QED) is 0.640. The number of amides is 2. The van der Waals surface area contributed by atoms with Crippen LogP contribution in [0.5, 0.6) is 5.75 Å². The fraction of sp³-hybridized carbons (Fsp3) is 0.300. The van der Waals surface area contributed by atoms with Crippen molar-refractivity contribution in [3.8, 4) is 5.75 Å². The Bertz CT molecular complexity index is 994. The summed E-state index contributed by atoms with van der Waals surface area (Å²) >= 11 is 1.50. The summed E-state index contributed by atoms with van der Waals surface area (Å²) in [5.74, 6) is 0.440. The van der Waals surface area contributed by atoms with Crippen LogP contribution < -0.4 is 4.74 Å². The molecule has 0 unspecified atom stereocenters. The Kier molecular flexibility index (Phi) is 5.57. The number of ether oxygens (including phenoxy) is 1. The topological polar surface area (TPSA) is 88.8 Å². The minimum absolute atomic E-state index is 0.110.